The number of benzene rings is 2. The molecule has 0 heterocycles. The molecule has 0 atom stereocenters. The molecule has 3 N–H and O–H groups in total. The van der Waals surface area contributed by atoms with Crippen molar-refractivity contribution in [1.82, 2.24) is 10.0 Å². The van der Waals surface area contributed by atoms with Crippen LogP contribution in [0.3, 0.4) is 0 Å². The second-order valence-electron chi connectivity index (χ2n) is 5.42. The molecule has 0 saturated heterocycles. The molecular formula is C17H20N2O4S. The van der Waals surface area contributed by atoms with Gasteiger partial charge in [-0.2, -0.15) is 0 Å². The number of carbonyl (C=O) groups excluding carboxylic acids is 1. The van der Waals surface area contributed by atoms with Gasteiger partial charge in [-0.3, -0.25) is 4.79 Å². The van der Waals surface area contributed by atoms with Gasteiger partial charge in [-0.15, -0.1) is 0 Å². The zero-order valence-corrected chi connectivity index (χ0v) is 14.4. The van der Waals surface area contributed by atoms with E-state index in [2.05, 4.69) is 10.0 Å². The Morgan fingerprint density at radius 2 is 1.75 bits per heavy atom. The van der Waals surface area contributed by atoms with E-state index in [1.165, 1.54) is 12.1 Å². The predicted octanol–water partition coefficient (Wildman–Crippen LogP) is 1.72. The van der Waals surface area contributed by atoms with Gasteiger partial charge >= 0.3 is 0 Å². The smallest absolute Gasteiger partial charge is 0.255 e. The molecule has 0 spiro atoms. The van der Waals surface area contributed by atoms with Crippen molar-refractivity contribution in [1.29, 1.82) is 0 Å². The summed E-state index contributed by atoms with van der Waals surface area (Å²) in [5.74, 6) is -0.579. The molecule has 0 saturated carbocycles. The Kier molecular flexibility index (Phi) is 5.58. The van der Waals surface area contributed by atoms with Gasteiger partial charge in [0.2, 0.25) is 10.0 Å². The molecule has 0 aliphatic heterocycles. The van der Waals surface area contributed by atoms with Crippen molar-refractivity contribution in [3.8, 4) is 5.75 Å². The normalized spacial score (nSPS) is 11.2. The first-order valence-corrected chi connectivity index (χ1v) is 8.92. The molecule has 1 amide bonds. The van der Waals surface area contributed by atoms with E-state index in [0.29, 0.717) is 0 Å². The Hall–Kier alpha value is -2.38. The minimum absolute atomic E-state index is 0.0502. The molecule has 0 aliphatic carbocycles. The molecule has 7 heteroatoms. The molecule has 0 bridgehead atoms. The summed E-state index contributed by atoms with van der Waals surface area (Å²) in [6.07, 6.45) is 0. The summed E-state index contributed by atoms with van der Waals surface area (Å²) in [4.78, 5) is 12.1. The summed E-state index contributed by atoms with van der Waals surface area (Å²) < 4.78 is 26.8. The van der Waals surface area contributed by atoms with Crippen LogP contribution in [-0.4, -0.2) is 32.5 Å². The first kappa shape index (κ1) is 18.0. The average Bonchev–Trinajstić information content (AvgIpc) is 2.54. The van der Waals surface area contributed by atoms with E-state index in [-0.39, 0.29) is 29.3 Å². The number of sulfonamides is 1. The Bertz CT molecular complexity index is 847. The maximum absolute atomic E-state index is 12.2. The van der Waals surface area contributed by atoms with E-state index < -0.39 is 15.9 Å². The molecule has 6 nitrogen and oxygen atoms in total. The predicted molar refractivity (Wildman–Crippen MR) is 91.5 cm³/mol. The molecule has 0 fully saturated rings. The fourth-order valence-corrected chi connectivity index (χ4v) is 3.20. The topological polar surface area (TPSA) is 95.5 Å². The van der Waals surface area contributed by atoms with Crippen LogP contribution in [0, 0.1) is 13.8 Å². The maximum Gasteiger partial charge on any atom is 0.255 e. The summed E-state index contributed by atoms with van der Waals surface area (Å²) >= 11 is 0. The molecule has 2 aromatic rings. The van der Waals surface area contributed by atoms with Crippen LogP contribution < -0.4 is 10.0 Å². The number of phenolic OH excluding ortho intramolecular Hbond substituents is 1. The second kappa shape index (κ2) is 7.46. The Morgan fingerprint density at radius 3 is 2.42 bits per heavy atom. The number of aromatic hydroxyl groups is 1. The van der Waals surface area contributed by atoms with Gasteiger partial charge in [0.15, 0.2) is 0 Å². The van der Waals surface area contributed by atoms with Crippen LogP contribution in [0.1, 0.15) is 21.5 Å². The quantitative estimate of drug-likeness (QED) is 0.693. The van der Waals surface area contributed by atoms with E-state index in [1.807, 2.05) is 13.8 Å². The summed E-state index contributed by atoms with van der Waals surface area (Å²) in [6.45, 7) is 3.92. The molecule has 0 unspecified atom stereocenters. The fraction of sp³-hybridized carbons (Fsp3) is 0.235. The van der Waals surface area contributed by atoms with Crippen LogP contribution in [0.15, 0.2) is 47.4 Å². The van der Waals surface area contributed by atoms with E-state index in [9.17, 15) is 18.3 Å². The highest BCUT2D eigenvalue weighted by Crippen LogP contribution is 2.15. The van der Waals surface area contributed by atoms with E-state index in [0.717, 1.165) is 11.1 Å². The first-order chi connectivity index (χ1) is 11.3. The van der Waals surface area contributed by atoms with Crippen molar-refractivity contribution in [3.63, 3.8) is 0 Å². The van der Waals surface area contributed by atoms with Crippen molar-refractivity contribution in [2.24, 2.45) is 0 Å². The average molecular weight is 348 g/mol. The number of carbonyl (C=O) groups is 1. The largest absolute Gasteiger partial charge is 0.507 e. The van der Waals surface area contributed by atoms with Gasteiger partial charge in [0, 0.05) is 13.1 Å². The zero-order valence-electron chi connectivity index (χ0n) is 13.5. The SMILES string of the molecule is Cc1ccc(S(=O)(=O)NCCNC(=O)c2ccccc2O)cc1C. The summed E-state index contributed by atoms with van der Waals surface area (Å²) in [5.41, 5.74) is 2.06. The second-order valence-corrected chi connectivity index (χ2v) is 7.18. The molecule has 2 aromatic carbocycles. The highest BCUT2D eigenvalue weighted by atomic mass is 32.2. The third kappa shape index (κ3) is 4.33. The molecule has 2 rings (SSSR count). The van der Waals surface area contributed by atoms with Crippen LogP contribution in [0.25, 0.3) is 0 Å². The van der Waals surface area contributed by atoms with Gasteiger partial charge < -0.3 is 10.4 Å². The summed E-state index contributed by atoms with van der Waals surface area (Å²) in [5, 5.41) is 12.1. The highest BCUT2D eigenvalue weighted by molar-refractivity contribution is 7.89. The Balaban J connectivity index is 1.90. The number of hydrogen-bond donors (Lipinski definition) is 3. The van der Waals surface area contributed by atoms with E-state index in [1.54, 1.807) is 30.3 Å². The van der Waals surface area contributed by atoms with Gasteiger partial charge in [0.1, 0.15) is 5.75 Å². The lowest BCUT2D eigenvalue weighted by Crippen LogP contribution is -2.34. The molecule has 24 heavy (non-hydrogen) atoms. The van der Waals surface area contributed by atoms with Crippen molar-refractivity contribution < 1.29 is 18.3 Å². The number of para-hydroxylation sites is 1. The number of nitrogens with one attached hydrogen (secondary N) is 2. The molecule has 0 aliphatic rings. The van der Waals surface area contributed by atoms with E-state index >= 15 is 0 Å². The van der Waals surface area contributed by atoms with Crippen LogP contribution >= 0.6 is 0 Å². The molecule has 128 valence electrons. The van der Waals surface area contributed by atoms with Gasteiger partial charge in [-0.05, 0) is 49.2 Å². The van der Waals surface area contributed by atoms with Crippen molar-refractivity contribution in [2.45, 2.75) is 18.7 Å². The van der Waals surface area contributed by atoms with Gasteiger partial charge in [-0.25, -0.2) is 13.1 Å². The van der Waals surface area contributed by atoms with Crippen molar-refractivity contribution in [2.75, 3.05) is 13.1 Å². The zero-order chi connectivity index (χ0) is 17.7. The number of amides is 1. The van der Waals surface area contributed by atoms with E-state index in [4.69, 9.17) is 0 Å². The van der Waals surface area contributed by atoms with Crippen molar-refractivity contribution in [3.05, 3.63) is 59.2 Å². The minimum atomic E-state index is -3.62. The third-order valence-corrected chi connectivity index (χ3v) is 5.10. The molecule has 0 radical (unpaired) electrons. The summed E-state index contributed by atoms with van der Waals surface area (Å²) in [7, 11) is -3.62. The monoisotopic (exact) mass is 348 g/mol. The number of rotatable bonds is 6. The van der Waals surface area contributed by atoms with Crippen LogP contribution in [0.2, 0.25) is 0 Å². The van der Waals surface area contributed by atoms with Crippen LogP contribution in [0.4, 0.5) is 0 Å². The standard InChI is InChI=1S/C17H20N2O4S/c1-12-7-8-14(11-13(12)2)24(22,23)19-10-9-18-17(21)15-5-3-4-6-16(15)20/h3-8,11,19-20H,9-10H2,1-2H3,(H,18,21). The lowest BCUT2D eigenvalue weighted by molar-refractivity contribution is 0.0951. The van der Waals surface area contributed by atoms with Crippen molar-refractivity contribution >= 4 is 15.9 Å². The van der Waals surface area contributed by atoms with Crippen LogP contribution in [-0.2, 0) is 10.0 Å². The van der Waals surface area contributed by atoms with Gasteiger partial charge in [-0.1, -0.05) is 18.2 Å². The minimum Gasteiger partial charge on any atom is -0.507 e. The Morgan fingerprint density at radius 1 is 1.04 bits per heavy atom. The fourth-order valence-electron chi connectivity index (χ4n) is 2.09. The molecule has 0 aromatic heterocycles. The third-order valence-electron chi connectivity index (χ3n) is 3.64. The number of hydrogen-bond acceptors (Lipinski definition) is 4. The number of phenols is 1. The lowest BCUT2D eigenvalue weighted by Gasteiger charge is -2.10. The number of aryl methyl sites for hydroxylation is 2. The first-order valence-electron chi connectivity index (χ1n) is 7.44. The highest BCUT2D eigenvalue weighted by Gasteiger charge is 2.14. The van der Waals surface area contributed by atoms with Crippen LogP contribution in [0.5, 0.6) is 5.75 Å². The lowest BCUT2D eigenvalue weighted by atomic mass is 10.1. The van der Waals surface area contributed by atoms with Gasteiger partial charge in [0.25, 0.3) is 5.91 Å². The van der Waals surface area contributed by atoms with Gasteiger partial charge in [0.05, 0.1) is 10.5 Å². The maximum atomic E-state index is 12.2. The molecular weight excluding hydrogens is 328 g/mol. The summed E-state index contributed by atoms with van der Waals surface area (Å²) in [6, 6.07) is 11.1. The Labute approximate surface area is 141 Å².